The Balaban J connectivity index is 2.21. The first-order valence-corrected chi connectivity index (χ1v) is 6.69. The predicted octanol–water partition coefficient (Wildman–Crippen LogP) is 2.26. The van der Waals surface area contributed by atoms with Crippen LogP contribution in [0.25, 0.3) is 0 Å². The Kier molecular flexibility index (Phi) is 3.32. The molecule has 2 aliphatic rings. The molecule has 0 aromatic rings. The summed E-state index contributed by atoms with van der Waals surface area (Å²) in [6.07, 6.45) is 4.60. The standard InChI is InChI=1S/C14H21NO4/c1-5-18-11(16)14-8-6-10(7-9-14)15(14)12(17)19-13(2,3)4/h6,8,10H,5,7,9H2,1-4H3. The maximum atomic E-state index is 12.3. The summed E-state index contributed by atoms with van der Waals surface area (Å²) < 4.78 is 10.5. The molecule has 1 amide bonds. The number of hydrogen-bond acceptors (Lipinski definition) is 4. The minimum absolute atomic E-state index is 0.0562. The molecule has 5 heteroatoms. The van der Waals surface area contributed by atoms with E-state index in [9.17, 15) is 9.59 Å². The molecule has 2 rings (SSSR count). The molecule has 0 spiro atoms. The zero-order valence-corrected chi connectivity index (χ0v) is 11.9. The Bertz CT molecular complexity index is 424. The van der Waals surface area contributed by atoms with E-state index in [2.05, 4.69) is 0 Å². The summed E-state index contributed by atoms with van der Waals surface area (Å²) in [4.78, 5) is 26.0. The van der Waals surface area contributed by atoms with Crippen LogP contribution in [0.15, 0.2) is 12.2 Å². The fourth-order valence-corrected chi connectivity index (χ4v) is 2.66. The van der Waals surface area contributed by atoms with Crippen molar-refractivity contribution in [1.82, 2.24) is 4.90 Å². The highest BCUT2D eigenvalue weighted by Crippen LogP contribution is 2.43. The molecule has 1 fully saturated rings. The van der Waals surface area contributed by atoms with Gasteiger partial charge in [-0.2, -0.15) is 0 Å². The molecule has 2 heterocycles. The van der Waals surface area contributed by atoms with Crippen molar-refractivity contribution < 1.29 is 19.1 Å². The molecular weight excluding hydrogens is 246 g/mol. The SMILES string of the molecule is CCOC(=O)C12C=CC(CC1)N2C(=O)OC(C)(C)C. The van der Waals surface area contributed by atoms with Gasteiger partial charge in [0.25, 0.3) is 0 Å². The highest BCUT2D eigenvalue weighted by Gasteiger charge is 2.57. The van der Waals surface area contributed by atoms with Crippen LogP contribution in [0.4, 0.5) is 4.79 Å². The summed E-state index contributed by atoms with van der Waals surface area (Å²) in [5.74, 6) is -0.364. The van der Waals surface area contributed by atoms with Crippen LogP contribution >= 0.6 is 0 Å². The number of hydrogen-bond donors (Lipinski definition) is 0. The molecule has 5 nitrogen and oxygen atoms in total. The Labute approximate surface area is 113 Å². The lowest BCUT2D eigenvalue weighted by Crippen LogP contribution is -2.53. The molecule has 0 aromatic heterocycles. The summed E-state index contributed by atoms with van der Waals surface area (Å²) in [5, 5.41) is 0. The van der Waals surface area contributed by atoms with Gasteiger partial charge in [0.15, 0.2) is 5.54 Å². The molecule has 0 radical (unpaired) electrons. The second-order valence-electron chi connectivity index (χ2n) is 5.96. The van der Waals surface area contributed by atoms with Gasteiger partial charge in [0.05, 0.1) is 12.6 Å². The normalized spacial score (nSPS) is 28.6. The van der Waals surface area contributed by atoms with E-state index in [-0.39, 0.29) is 12.0 Å². The number of ether oxygens (including phenoxy) is 2. The first-order chi connectivity index (χ1) is 8.80. The van der Waals surface area contributed by atoms with E-state index in [1.54, 1.807) is 13.0 Å². The molecule has 106 valence electrons. The summed E-state index contributed by atoms with van der Waals surface area (Å²) >= 11 is 0. The molecule has 19 heavy (non-hydrogen) atoms. The highest BCUT2D eigenvalue weighted by atomic mass is 16.6. The van der Waals surface area contributed by atoms with Crippen LogP contribution < -0.4 is 0 Å². The topological polar surface area (TPSA) is 55.8 Å². The van der Waals surface area contributed by atoms with E-state index in [1.807, 2.05) is 26.8 Å². The molecule has 2 unspecified atom stereocenters. The first-order valence-electron chi connectivity index (χ1n) is 6.69. The zero-order valence-electron chi connectivity index (χ0n) is 11.9. The number of fused-ring (bicyclic) bond motifs is 2. The lowest BCUT2D eigenvalue weighted by atomic mass is 9.94. The Morgan fingerprint density at radius 3 is 2.58 bits per heavy atom. The maximum Gasteiger partial charge on any atom is 0.412 e. The van der Waals surface area contributed by atoms with Gasteiger partial charge >= 0.3 is 12.1 Å². The third-order valence-corrected chi connectivity index (χ3v) is 3.40. The second kappa shape index (κ2) is 4.54. The summed E-state index contributed by atoms with van der Waals surface area (Å²) in [6.45, 7) is 7.51. The van der Waals surface area contributed by atoms with Gasteiger partial charge in [-0.3, -0.25) is 4.90 Å². The van der Waals surface area contributed by atoms with E-state index in [0.717, 1.165) is 6.42 Å². The summed E-state index contributed by atoms with van der Waals surface area (Å²) in [6, 6.07) is -0.0562. The zero-order chi connectivity index (χ0) is 14.3. The number of rotatable bonds is 2. The van der Waals surface area contributed by atoms with Crippen LogP contribution in [0.1, 0.15) is 40.5 Å². The van der Waals surface area contributed by atoms with Gasteiger partial charge in [-0.1, -0.05) is 6.08 Å². The average molecular weight is 267 g/mol. The van der Waals surface area contributed by atoms with E-state index in [4.69, 9.17) is 9.47 Å². The smallest absolute Gasteiger partial charge is 0.412 e. The number of amides is 1. The molecule has 0 saturated carbocycles. The van der Waals surface area contributed by atoms with Crippen molar-refractivity contribution in [3.63, 3.8) is 0 Å². The maximum absolute atomic E-state index is 12.3. The molecule has 2 aliphatic heterocycles. The van der Waals surface area contributed by atoms with Crippen molar-refractivity contribution in [2.75, 3.05) is 6.61 Å². The van der Waals surface area contributed by atoms with Crippen molar-refractivity contribution in [2.24, 2.45) is 0 Å². The third-order valence-electron chi connectivity index (χ3n) is 3.40. The number of nitrogens with zero attached hydrogens (tertiary/aromatic N) is 1. The van der Waals surface area contributed by atoms with Gasteiger partial charge in [0, 0.05) is 0 Å². The minimum atomic E-state index is -0.955. The first kappa shape index (κ1) is 13.9. The van der Waals surface area contributed by atoms with E-state index >= 15 is 0 Å². The van der Waals surface area contributed by atoms with E-state index in [0.29, 0.717) is 13.0 Å². The van der Waals surface area contributed by atoms with Crippen molar-refractivity contribution in [3.05, 3.63) is 12.2 Å². The molecular formula is C14H21NO4. The largest absolute Gasteiger partial charge is 0.464 e. The molecule has 2 bridgehead atoms. The van der Waals surface area contributed by atoms with Crippen LogP contribution in [-0.4, -0.2) is 40.8 Å². The molecule has 2 atom stereocenters. The van der Waals surface area contributed by atoms with Crippen LogP contribution in [0.2, 0.25) is 0 Å². The molecule has 1 saturated heterocycles. The minimum Gasteiger partial charge on any atom is -0.464 e. The Morgan fingerprint density at radius 1 is 1.42 bits per heavy atom. The lowest BCUT2D eigenvalue weighted by molar-refractivity contribution is -0.152. The monoisotopic (exact) mass is 267 g/mol. The van der Waals surface area contributed by atoms with Crippen LogP contribution in [-0.2, 0) is 14.3 Å². The summed E-state index contributed by atoms with van der Waals surface area (Å²) in [5.41, 5.74) is -1.53. The average Bonchev–Trinajstić information content (AvgIpc) is 2.83. The predicted molar refractivity (Wildman–Crippen MR) is 69.6 cm³/mol. The Morgan fingerprint density at radius 2 is 2.11 bits per heavy atom. The lowest BCUT2D eigenvalue weighted by Gasteiger charge is -2.33. The van der Waals surface area contributed by atoms with Crippen LogP contribution in [0, 0.1) is 0 Å². The number of esters is 1. The highest BCUT2D eigenvalue weighted by molar-refractivity contribution is 5.90. The second-order valence-corrected chi connectivity index (χ2v) is 5.96. The fraction of sp³-hybridized carbons (Fsp3) is 0.714. The van der Waals surface area contributed by atoms with Gasteiger partial charge in [-0.15, -0.1) is 0 Å². The molecule has 0 N–H and O–H groups in total. The number of carbonyl (C=O) groups is 2. The van der Waals surface area contributed by atoms with Gasteiger partial charge in [0.2, 0.25) is 0 Å². The van der Waals surface area contributed by atoms with Crippen LogP contribution in [0.5, 0.6) is 0 Å². The quantitative estimate of drug-likeness (QED) is 0.569. The molecule has 0 aliphatic carbocycles. The van der Waals surface area contributed by atoms with Gasteiger partial charge in [-0.05, 0) is 46.6 Å². The van der Waals surface area contributed by atoms with Gasteiger partial charge < -0.3 is 9.47 Å². The van der Waals surface area contributed by atoms with Crippen molar-refractivity contribution in [2.45, 2.75) is 57.7 Å². The Hall–Kier alpha value is -1.52. The van der Waals surface area contributed by atoms with Gasteiger partial charge in [0.1, 0.15) is 5.60 Å². The summed E-state index contributed by atoms with van der Waals surface area (Å²) in [7, 11) is 0. The van der Waals surface area contributed by atoms with E-state index in [1.165, 1.54) is 4.90 Å². The third kappa shape index (κ3) is 2.33. The van der Waals surface area contributed by atoms with E-state index < -0.39 is 17.2 Å². The van der Waals surface area contributed by atoms with Crippen LogP contribution in [0.3, 0.4) is 0 Å². The van der Waals surface area contributed by atoms with Crippen molar-refractivity contribution in [1.29, 1.82) is 0 Å². The number of carbonyl (C=O) groups excluding carboxylic acids is 2. The van der Waals surface area contributed by atoms with Crippen molar-refractivity contribution in [3.8, 4) is 0 Å². The van der Waals surface area contributed by atoms with Crippen molar-refractivity contribution >= 4 is 12.1 Å². The van der Waals surface area contributed by atoms with Gasteiger partial charge in [-0.25, -0.2) is 9.59 Å². The molecule has 0 aromatic carbocycles. The fourth-order valence-electron chi connectivity index (χ4n) is 2.66.